The molecule has 3 heterocycles. The van der Waals surface area contributed by atoms with E-state index in [1.54, 1.807) is 11.9 Å². The van der Waals surface area contributed by atoms with E-state index in [0.717, 1.165) is 41.5 Å². The number of fused-ring (bicyclic) bond motifs is 1. The predicted octanol–water partition coefficient (Wildman–Crippen LogP) is 3.13. The first-order valence-electron chi connectivity index (χ1n) is 11.9. The summed E-state index contributed by atoms with van der Waals surface area (Å²) in [6, 6.07) is 17.9. The molecular weight excluding hydrogens is 442 g/mol. The van der Waals surface area contributed by atoms with E-state index in [-0.39, 0.29) is 29.3 Å². The van der Waals surface area contributed by atoms with Gasteiger partial charge in [-0.25, -0.2) is 0 Å². The number of rotatable bonds is 4. The summed E-state index contributed by atoms with van der Waals surface area (Å²) in [5.74, 6) is 0.915. The van der Waals surface area contributed by atoms with Crippen LogP contribution < -0.4 is 21.5 Å². The van der Waals surface area contributed by atoms with E-state index in [1.807, 2.05) is 42.5 Å². The number of hydrogen-bond acceptors (Lipinski definition) is 6. The van der Waals surface area contributed by atoms with Gasteiger partial charge in [-0.15, -0.1) is 0 Å². The minimum Gasteiger partial charge on any atom is -0.437 e. The van der Waals surface area contributed by atoms with Gasteiger partial charge >= 0.3 is 0 Å². The zero-order valence-corrected chi connectivity index (χ0v) is 19.6. The van der Waals surface area contributed by atoms with Crippen LogP contribution >= 0.6 is 0 Å². The normalized spacial score (nSPS) is 17.3. The fourth-order valence-corrected chi connectivity index (χ4v) is 5.10. The van der Waals surface area contributed by atoms with Crippen LogP contribution in [-0.4, -0.2) is 35.1 Å². The standard InChI is InChI=1S/C27H27N5O3/c1-31-25(34)22-21(17-6-3-2-4-7-17)23(18-8-10-19(11-9-18)27(28)12-5-13-27)35-24(22)30-26(31)32-15-14-29-20(33)16-32/h2-4,6-11H,5,12-16,28H2,1H3,(H,29,33). The van der Waals surface area contributed by atoms with E-state index in [9.17, 15) is 9.59 Å². The molecule has 1 saturated carbocycles. The van der Waals surface area contributed by atoms with Gasteiger partial charge in [-0.3, -0.25) is 14.2 Å². The van der Waals surface area contributed by atoms with Crippen LogP contribution in [0.25, 0.3) is 33.6 Å². The van der Waals surface area contributed by atoms with E-state index in [2.05, 4.69) is 17.4 Å². The van der Waals surface area contributed by atoms with Crippen LogP contribution in [0.1, 0.15) is 24.8 Å². The molecular formula is C27H27N5O3. The monoisotopic (exact) mass is 469 g/mol. The molecule has 0 radical (unpaired) electrons. The van der Waals surface area contributed by atoms with Crippen LogP contribution in [0.15, 0.2) is 63.8 Å². The number of piperazine rings is 1. The van der Waals surface area contributed by atoms with Gasteiger partial charge in [0.25, 0.3) is 5.56 Å². The third-order valence-electron chi connectivity index (χ3n) is 7.26. The molecule has 2 fully saturated rings. The highest BCUT2D eigenvalue weighted by atomic mass is 16.3. The number of nitrogens with one attached hydrogen (secondary N) is 1. The maximum Gasteiger partial charge on any atom is 0.266 e. The highest BCUT2D eigenvalue weighted by Crippen LogP contribution is 2.42. The summed E-state index contributed by atoms with van der Waals surface area (Å²) in [6.45, 7) is 1.21. The van der Waals surface area contributed by atoms with Crippen LogP contribution in [0.5, 0.6) is 0 Å². The van der Waals surface area contributed by atoms with E-state index < -0.39 is 0 Å². The topological polar surface area (TPSA) is 106 Å². The molecule has 35 heavy (non-hydrogen) atoms. The van der Waals surface area contributed by atoms with Gasteiger partial charge in [-0.05, 0) is 30.4 Å². The van der Waals surface area contributed by atoms with Gasteiger partial charge in [-0.2, -0.15) is 4.98 Å². The van der Waals surface area contributed by atoms with Crippen LogP contribution in [0, 0.1) is 0 Å². The number of carbonyl (C=O) groups is 1. The highest BCUT2D eigenvalue weighted by molar-refractivity contribution is 6.00. The number of furan rings is 1. The average Bonchev–Trinajstić information content (AvgIpc) is 3.25. The van der Waals surface area contributed by atoms with E-state index >= 15 is 0 Å². The van der Waals surface area contributed by atoms with Crippen molar-refractivity contribution in [2.45, 2.75) is 24.8 Å². The summed E-state index contributed by atoms with van der Waals surface area (Å²) in [7, 11) is 1.69. The second kappa shape index (κ2) is 8.09. The Labute approximate surface area is 202 Å². The molecule has 4 aromatic rings. The van der Waals surface area contributed by atoms with Crippen molar-refractivity contribution >= 4 is 23.0 Å². The molecule has 0 atom stereocenters. The Morgan fingerprint density at radius 3 is 2.43 bits per heavy atom. The molecule has 1 saturated heterocycles. The maximum absolute atomic E-state index is 13.7. The number of amides is 1. The van der Waals surface area contributed by atoms with Gasteiger partial charge < -0.3 is 20.4 Å². The van der Waals surface area contributed by atoms with Crippen molar-refractivity contribution < 1.29 is 9.21 Å². The van der Waals surface area contributed by atoms with Gasteiger partial charge in [0.1, 0.15) is 11.1 Å². The summed E-state index contributed by atoms with van der Waals surface area (Å²) in [5, 5.41) is 3.23. The number of benzene rings is 2. The molecule has 0 spiro atoms. The highest BCUT2D eigenvalue weighted by Gasteiger charge is 2.34. The van der Waals surface area contributed by atoms with Gasteiger partial charge in [-0.1, -0.05) is 54.6 Å². The molecule has 0 unspecified atom stereocenters. The molecule has 0 bridgehead atoms. The average molecular weight is 470 g/mol. The lowest BCUT2D eigenvalue weighted by molar-refractivity contribution is -0.120. The Balaban J connectivity index is 1.54. The molecule has 2 aromatic carbocycles. The first-order valence-corrected chi connectivity index (χ1v) is 11.9. The molecule has 178 valence electrons. The van der Waals surface area contributed by atoms with Gasteiger partial charge in [0.05, 0.1) is 6.54 Å². The Morgan fingerprint density at radius 2 is 1.77 bits per heavy atom. The van der Waals surface area contributed by atoms with Crippen molar-refractivity contribution in [3.05, 3.63) is 70.5 Å². The van der Waals surface area contributed by atoms with Gasteiger partial charge in [0.2, 0.25) is 17.6 Å². The zero-order chi connectivity index (χ0) is 24.2. The molecule has 8 heteroatoms. The second-order valence-electron chi connectivity index (χ2n) is 9.49. The number of hydrogen-bond donors (Lipinski definition) is 2. The fourth-order valence-electron chi connectivity index (χ4n) is 5.10. The van der Waals surface area contributed by atoms with Crippen molar-refractivity contribution in [3.8, 4) is 22.5 Å². The van der Waals surface area contributed by atoms with Crippen molar-refractivity contribution in [1.29, 1.82) is 0 Å². The summed E-state index contributed by atoms with van der Waals surface area (Å²) in [4.78, 5) is 32.2. The van der Waals surface area contributed by atoms with Crippen LogP contribution in [0.4, 0.5) is 5.95 Å². The third kappa shape index (κ3) is 3.52. The Kier molecular flexibility index (Phi) is 5.00. The van der Waals surface area contributed by atoms with Crippen LogP contribution in [0.2, 0.25) is 0 Å². The second-order valence-corrected chi connectivity index (χ2v) is 9.49. The Hall–Kier alpha value is -3.91. The summed E-state index contributed by atoms with van der Waals surface area (Å²) >= 11 is 0. The summed E-state index contributed by atoms with van der Waals surface area (Å²) in [5.41, 5.74) is 9.89. The summed E-state index contributed by atoms with van der Waals surface area (Å²) in [6.07, 6.45) is 3.13. The molecule has 1 aliphatic carbocycles. The lowest BCUT2D eigenvalue weighted by Gasteiger charge is -2.38. The number of aromatic nitrogens is 2. The van der Waals surface area contributed by atoms with Crippen molar-refractivity contribution in [2.75, 3.05) is 24.5 Å². The minimum atomic E-state index is -0.248. The minimum absolute atomic E-state index is 0.0973. The molecule has 2 aliphatic rings. The van der Waals surface area contributed by atoms with E-state index in [4.69, 9.17) is 15.1 Å². The maximum atomic E-state index is 13.7. The fraction of sp³-hybridized carbons (Fsp3) is 0.296. The molecule has 1 aliphatic heterocycles. The van der Waals surface area contributed by atoms with Gasteiger partial charge in [0.15, 0.2) is 0 Å². The molecule has 6 rings (SSSR count). The van der Waals surface area contributed by atoms with Gasteiger partial charge in [0, 0.05) is 36.8 Å². The molecule has 8 nitrogen and oxygen atoms in total. The van der Waals surface area contributed by atoms with Crippen molar-refractivity contribution in [3.63, 3.8) is 0 Å². The Bertz CT molecular complexity index is 1480. The van der Waals surface area contributed by atoms with Crippen LogP contribution in [0.3, 0.4) is 0 Å². The van der Waals surface area contributed by atoms with Crippen molar-refractivity contribution in [2.24, 2.45) is 12.8 Å². The third-order valence-corrected chi connectivity index (χ3v) is 7.26. The molecule has 1 amide bonds. The molecule has 2 aromatic heterocycles. The van der Waals surface area contributed by atoms with E-state index in [1.165, 1.54) is 4.57 Å². The zero-order valence-electron chi connectivity index (χ0n) is 19.6. The SMILES string of the molecule is Cn1c(N2CCNC(=O)C2)nc2oc(-c3ccc(C4(N)CCC4)cc3)c(-c3ccccc3)c2c1=O. The Morgan fingerprint density at radius 1 is 1.03 bits per heavy atom. The lowest BCUT2D eigenvalue weighted by atomic mass is 9.72. The largest absolute Gasteiger partial charge is 0.437 e. The van der Waals surface area contributed by atoms with E-state index in [0.29, 0.717) is 30.2 Å². The lowest BCUT2D eigenvalue weighted by Crippen LogP contribution is -2.49. The predicted molar refractivity (Wildman–Crippen MR) is 135 cm³/mol. The smallest absolute Gasteiger partial charge is 0.266 e. The number of nitrogens with two attached hydrogens (primary N) is 1. The molecule has 3 N–H and O–H groups in total. The van der Waals surface area contributed by atoms with Crippen LogP contribution in [-0.2, 0) is 17.4 Å². The first kappa shape index (κ1) is 21.6. The quantitative estimate of drug-likeness (QED) is 0.476. The number of anilines is 1. The van der Waals surface area contributed by atoms with Crippen molar-refractivity contribution in [1.82, 2.24) is 14.9 Å². The summed E-state index contributed by atoms with van der Waals surface area (Å²) < 4.78 is 7.82. The first-order chi connectivity index (χ1) is 16.9. The number of carbonyl (C=O) groups excluding carboxylic acids is 1. The number of nitrogens with zero attached hydrogens (tertiary/aromatic N) is 3.